The van der Waals surface area contributed by atoms with Crippen molar-refractivity contribution in [2.24, 2.45) is 0 Å². The highest BCUT2D eigenvalue weighted by atomic mass is 32.1. The summed E-state index contributed by atoms with van der Waals surface area (Å²) in [6.45, 7) is 2.22. The Morgan fingerprint density at radius 1 is 1.00 bits per heavy atom. The number of aryl methyl sites for hydroxylation is 1. The minimum atomic E-state index is 0.756. The Morgan fingerprint density at radius 2 is 1.86 bits per heavy atom. The van der Waals surface area contributed by atoms with E-state index in [2.05, 4.69) is 59.7 Å². The molecule has 28 heavy (non-hydrogen) atoms. The predicted octanol–water partition coefficient (Wildman–Crippen LogP) is 6.45. The number of methoxy groups -OCH3 is 1. The molecule has 0 fully saturated rings. The molecule has 0 aliphatic rings. The van der Waals surface area contributed by atoms with E-state index in [9.17, 15) is 0 Å². The van der Waals surface area contributed by atoms with E-state index in [1.54, 1.807) is 24.6 Å². The average molecular weight is 390 g/mol. The number of hydrogen-bond donors (Lipinski definition) is 1. The molecule has 2 heterocycles. The van der Waals surface area contributed by atoms with E-state index in [1.165, 1.54) is 18.4 Å². The highest BCUT2D eigenvalue weighted by Crippen LogP contribution is 2.32. The van der Waals surface area contributed by atoms with Crippen LogP contribution in [0.15, 0.2) is 60.9 Å². The number of hydrogen-bond acceptors (Lipinski definition) is 5. The van der Waals surface area contributed by atoms with Gasteiger partial charge >= 0.3 is 0 Å². The molecule has 0 bridgehead atoms. The van der Waals surface area contributed by atoms with Crippen LogP contribution in [0.4, 0.5) is 10.8 Å². The molecule has 0 aliphatic carbocycles. The smallest absolute Gasteiger partial charge is 0.188 e. The lowest BCUT2D eigenvalue weighted by Gasteiger charge is -2.04. The van der Waals surface area contributed by atoms with Crippen LogP contribution in [0.1, 0.15) is 25.3 Å². The topological polar surface area (TPSA) is 47.0 Å². The summed E-state index contributed by atoms with van der Waals surface area (Å²) in [4.78, 5) is 8.96. The van der Waals surface area contributed by atoms with Crippen molar-refractivity contribution >= 4 is 32.4 Å². The normalized spacial score (nSPS) is 10.9. The molecule has 4 aromatic rings. The van der Waals surface area contributed by atoms with Gasteiger partial charge in [-0.15, -0.1) is 0 Å². The number of anilines is 2. The van der Waals surface area contributed by atoms with Crippen LogP contribution >= 0.6 is 11.3 Å². The Morgan fingerprint density at radius 3 is 2.64 bits per heavy atom. The van der Waals surface area contributed by atoms with E-state index in [0.717, 1.165) is 44.3 Å². The molecule has 0 aliphatic heterocycles. The van der Waals surface area contributed by atoms with Gasteiger partial charge in [-0.05, 0) is 54.3 Å². The molecule has 2 aromatic carbocycles. The second-order valence-electron chi connectivity index (χ2n) is 6.74. The highest BCUT2D eigenvalue weighted by molar-refractivity contribution is 7.22. The summed E-state index contributed by atoms with van der Waals surface area (Å²) in [7, 11) is 1.65. The average Bonchev–Trinajstić information content (AvgIpc) is 3.14. The number of nitrogens with zero attached hydrogens (tertiary/aromatic N) is 2. The van der Waals surface area contributed by atoms with Gasteiger partial charge in [-0.25, -0.2) is 4.98 Å². The van der Waals surface area contributed by atoms with Gasteiger partial charge in [-0.2, -0.15) is 0 Å². The maximum atomic E-state index is 5.28. The molecular weight excluding hydrogens is 366 g/mol. The summed E-state index contributed by atoms with van der Waals surface area (Å²) in [5.41, 5.74) is 5.58. The Balaban J connectivity index is 1.54. The zero-order valence-corrected chi connectivity index (χ0v) is 16.9. The Labute approximate surface area is 169 Å². The molecule has 0 atom stereocenters. The summed E-state index contributed by atoms with van der Waals surface area (Å²) in [6.07, 6.45) is 7.16. The fourth-order valence-corrected chi connectivity index (χ4v) is 4.03. The van der Waals surface area contributed by atoms with Gasteiger partial charge in [0.2, 0.25) is 0 Å². The number of aromatic nitrogens is 2. The summed E-state index contributed by atoms with van der Waals surface area (Å²) < 4.78 is 6.42. The van der Waals surface area contributed by atoms with Crippen molar-refractivity contribution in [1.29, 1.82) is 0 Å². The largest absolute Gasteiger partial charge is 0.495 e. The summed E-state index contributed by atoms with van der Waals surface area (Å²) in [5.74, 6) is 0.756. The van der Waals surface area contributed by atoms with Crippen LogP contribution < -0.4 is 10.1 Å². The fraction of sp³-hybridized carbons (Fsp3) is 0.217. The zero-order chi connectivity index (χ0) is 19.3. The van der Waals surface area contributed by atoms with E-state index < -0.39 is 0 Å². The van der Waals surface area contributed by atoms with E-state index in [0.29, 0.717) is 0 Å². The van der Waals surface area contributed by atoms with Crippen molar-refractivity contribution in [2.75, 3.05) is 12.4 Å². The number of fused-ring (bicyclic) bond motifs is 1. The van der Waals surface area contributed by atoms with Crippen LogP contribution in [-0.4, -0.2) is 17.1 Å². The van der Waals surface area contributed by atoms with Gasteiger partial charge in [0.05, 0.1) is 23.5 Å². The van der Waals surface area contributed by atoms with Crippen LogP contribution in [-0.2, 0) is 6.42 Å². The Hall–Kier alpha value is -2.92. The number of pyridine rings is 1. The number of rotatable bonds is 7. The monoisotopic (exact) mass is 389 g/mol. The third kappa shape index (κ3) is 4.15. The van der Waals surface area contributed by atoms with E-state index in [1.807, 2.05) is 12.3 Å². The van der Waals surface area contributed by atoms with Gasteiger partial charge in [-0.1, -0.05) is 42.9 Å². The molecule has 1 N–H and O–H groups in total. The molecule has 2 aromatic heterocycles. The second kappa shape index (κ2) is 8.40. The number of unbranched alkanes of at least 4 members (excludes halogenated alkanes) is 1. The van der Waals surface area contributed by atoms with E-state index >= 15 is 0 Å². The number of benzene rings is 2. The Kier molecular flexibility index (Phi) is 5.53. The van der Waals surface area contributed by atoms with Gasteiger partial charge in [-0.3, -0.25) is 4.98 Å². The molecule has 0 spiro atoms. The molecule has 0 saturated heterocycles. The number of nitrogens with one attached hydrogen (secondary N) is 1. The first kappa shape index (κ1) is 18.4. The van der Waals surface area contributed by atoms with E-state index in [-0.39, 0.29) is 0 Å². The van der Waals surface area contributed by atoms with Gasteiger partial charge in [0.25, 0.3) is 0 Å². The lowest BCUT2D eigenvalue weighted by Crippen LogP contribution is -1.90. The Bertz CT molecular complexity index is 1070. The molecule has 0 radical (unpaired) electrons. The standard InChI is InChI=1S/C23H23N3OS/c1-3-4-5-16-6-9-19(10-7-16)25-23-26-21-11-8-17(13-22(21)28-23)18-12-20(27-2)15-24-14-18/h6-15H,3-5H2,1-2H3,(H,25,26). The van der Waals surface area contributed by atoms with Crippen LogP contribution in [0.25, 0.3) is 21.3 Å². The zero-order valence-electron chi connectivity index (χ0n) is 16.1. The number of thiazole rings is 1. The minimum absolute atomic E-state index is 0.756. The van der Waals surface area contributed by atoms with E-state index in [4.69, 9.17) is 9.72 Å². The van der Waals surface area contributed by atoms with Crippen molar-refractivity contribution < 1.29 is 4.74 Å². The van der Waals surface area contributed by atoms with Crippen molar-refractivity contribution in [3.8, 4) is 16.9 Å². The first-order valence-electron chi connectivity index (χ1n) is 9.51. The molecule has 0 saturated carbocycles. The predicted molar refractivity (Wildman–Crippen MR) is 118 cm³/mol. The third-order valence-electron chi connectivity index (χ3n) is 4.69. The quantitative estimate of drug-likeness (QED) is 0.394. The van der Waals surface area contributed by atoms with Gasteiger partial charge in [0.15, 0.2) is 5.13 Å². The maximum absolute atomic E-state index is 5.28. The molecule has 142 valence electrons. The minimum Gasteiger partial charge on any atom is -0.495 e. The summed E-state index contributed by atoms with van der Waals surface area (Å²) >= 11 is 1.66. The third-order valence-corrected chi connectivity index (χ3v) is 5.63. The second-order valence-corrected chi connectivity index (χ2v) is 7.77. The summed E-state index contributed by atoms with van der Waals surface area (Å²) in [5, 5.41) is 4.33. The first-order chi connectivity index (χ1) is 13.7. The molecule has 4 rings (SSSR count). The van der Waals surface area contributed by atoms with Crippen molar-refractivity contribution in [2.45, 2.75) is 26.2 Å². The SMILES string of the molecule is CCCCc1ccc(Nc2nc3ccc(-c4cncc(OC)c4)cc3s2)cc1. The van der Waals surface area contributed by atoms with Crippen LogP contribution in [0, 0.1) is 0 Å². The van der Waals surface area contributed by atoms with Crippen LogP contribution in [0.3, 0.4) is 0 Å². The molecule has 4 nitrogen and oxygen atoms in total. The molecule has 0 amide bonds. The lowest BCUT2D eigenvalue weighted by molar-refractivity contribution is 0.413. The highest BCUT2D eigenvalue weighted by Gasteiger charge is 2.07. The van der Waals surface area contributed by atoms with Crippen molar-refractivity contribution in [3.63, 3.8) is 0 Å². The number of ether oxygens (including phenoxy) is 1. The fourth-order valence-electron chi connectivity index (χ4n) is 3.11. The maximum Gasteiger partial charge on any atom is 0.188 e. The van der Waals surface area contributed by atoms with Gasteiger partial charge in [0.1, 0.15) is 5.75 Å². The summed E-state index contributed by atoms with van der Waals surface area (Å²) in [6, 6.07) is 16.9. The molecule has 5 heteroatoms. The molecule has 0 unspecified atom stereocenters. The lowest BCUT2D eigenvalue weighted by atomic mass is 10.1. The first-order valence-corrected chi connectivity index (χ1v) is 10.3. The van der Waals surface area contributed by atoms with Crippen LogP contribution in [0.5, 0.6) is 5.75 Å². The van der Waals surface area contributed by atoms with Crippen molar-refractivity contribution in [1.82, 2.24) is 9.97 Å². The van der Waals surface area contributed by atoms with Crippen LogP contribution in [0.2, 0.25) is 0 Å². The van der Waals surface area contributed by atoms with Gasteiger partial charge < -0.3 is 10.1 Å². The molecular formula is C23H23N3OS. The van der Waals surface area contributed by atoms with Crippen molar-refractivity contribution in [3.05, 3.63) is 66.5 Å². The van der Waals surface area contributed by atoms with Gasteiger partial charge in [0, 0.05) is 17.4 Å².